The van der Waals surface area contributed by atoms with Gasteiger partial charge < -0.3 is 15.4 Å². The lowest BCUT2D eigenvalue weighted by molar-refractivity contribution is -0.126. The van der Waals surface area contributed by atoms with Gasteiger partial charge in [-0.25, -0.2) is 4.79 Å². The fourth-order valence-electron chi connectivity index (χ4n) is 3.62. The third-order valence-corrected chi connectivity index (χ3v) is 4.79. The molecule has 0 aliphatic rings. The minimum Gasteiger partial charge on any atom is -0.439 e. The Morgan fingerprint density at radius 2 is 1.35 bits per heavy atom. The second-order valence-corrected chi connectivity index (χ2v) is 10.5. The molecule has 0 aliphatic heterocycles. The Labute approximate surface area is 161 Å². The van der Waals surface area contributed by atoms with Crippen LogP contribution in [0.3, 0.4) is 0 Å². The summed E-state index contributed by atoms with van der Waals surface area (Å²) in [5, 5.41) is 5.90. The highest BCUT2D eigenvalue weighted by Crippen LogP contribution is 2.32. The topological polar surface area (TPSA) is 67.4 Å². The largest absolute Gasteiger partial charge is 0.439 e. The third kappa shape index (κ3) is 10.7. The van der Waals surface area contributed by atoms with Crippen LogP contribution in [0.2, 0.25) is 0 Å². The SMILES string of the molecule is CCC(C)(C)CC(C)(CC)NC(=O)COC(=O)NC(C)(C)CC(C)(C)C. The number of carbonyl (C=O) groups excluding carboxylic acids is 2. The van der Waals surface area contributed by atoms with Crippen LogP contribution in [-0.2, 0) is 9.53 Å². The van der Waals surface area contributed by atoms with Gasteiger partial charge in [0.15, 0.2) is 6.61 Å². The smallest absolute Gasteiger partial charge is 0.408 e. The zero-order valence-corrected chi connectivity index (χ0v) is 18.8. The molecule has 0 spiro atoms. The average Bonchev–Trinajstić information content (AvgIpc) is 2.41. The zero-order valence-electron chi connectivity index (χ0n) is 18.8. The molecule has 2 N–H and O–H groups in total. The summed E-state index contributed by atoms with van der Waals surface area (Å²) in [5.74, 6) is -0.259. The van der Waals surface area contributed by atoms with Crippen molar-refractivity contribution in [2.75, 3.05) is 6.61 Å². The van der Waals surface area contributed by atoms with Gasteiger partial charge >= 0.3 is 6.09 Å². The van der Waals surface area contributed by atoms with E-state index < -0.39 is 11.6 Å². The van der Waals surface area contributed by atoms with Crippen LogP contribution in [0.5, 0.6) is 0 Å². The van der Waals surface area contributed by atoms with Crippen molar-refractivity contribution in [3.8, 4) is 0 Å². The first-order valence-corrected chi connectivity index (χ1v) is 9.79. The zero-order chi connectivity index (χ0) is 20.8. The van der Waals surface area contributed by atoms with E-state index in [0.29, 0.717) is 0 Å². The molecular weight excluding hydrogens is 328 g/mol. The van der Waals surface area contributed by atoms with Crippen molar-refractivity contribution in [2.24, 2.45) is 10.8 Å². The second-order valence-electron chi connectivity index (χ2n) is 10.5. The molecule has 0 aromatic carbocycles. The molecule has 1 atom stereocenters. The molecule has 0 aromatic heterocycles. The van der Waals surface area contributed by atoms with Gasteiger partial charge in [-0.1, -0.05) is 54.9 Å². The lowest BCUT2D eigenvalue weighted by Gasteiger charge is -2.37. The number of rotatable bonds is 9. The highest BCUT2D eigenvalue weighted by atomic mass is 16.6. The highest BCUT2D eigenvalue weighted by molar-refractivity contribution is 5.80. The first-order chi connectivity index (χ1) is 11.5. The second kappa shape index (κ2) is 9.09. The van der Waals surface area contributed by atoms with E-state index in [1.807, 2.05) is 13.8 Å². The standard InChI is InChI=1S/C21H42N2O3/c1-11-19(6,7)15-21(10,12-2)22-16(24)13-26-17(25)23-20(8,9)14-18(3,4)5/h11-15H2,1-10H3,(H,22,24)(H,23,25). The fourth-order valence-corrected chi connectivity index (χ4v) is 3.62. The summed E-state index contributed by atoms with van der Waals surface area (Å²) in [6, 6.07) is 0. The van der Waals surface area contributed by atoms with Gasteiger partial charge in [0.05, 0.1) is 0 Å². The molecule has 26 heavy (non-hydrogen) atoms. The molecule has 2 amide bonds. The van der Waals surface area contributed by atoms with E-state index in [1.165, 1.54) is 0 Å². The molecule has 0 rings (SSSR count). The van der Waals surface area contributed by atoms with Crippen LogP contribution >= 0.6 is 0 Å². The Morgan fingerprint density at radius 1 is 0.808 bits per heavy atom. The molecule has 0 fully saturated rings. The van der Waals surface area contributed by atoms with Crippen molar-refractivity contribution in [1.29, 1.82) is 0 Å². The van der Waals surface area contributed by atoms with Crippen LogP contribution in [0.25, 0.3) is 0 Å². The van der Waals surface area contributed by atoms with Gasteiger partial charge in [0.25, 0.3) is 5.91 Å². The Bertz CT molecular complexity index is 478. The number of nitrogens with one attached hydrogen (secondary N) is 2. The number of hydrogen-bond acceptors (Lipinski definition) is 3. The van der Waals surface area contributed by atoms with E-state index in [-0.39, 0.29) is 28.9 Å². The first kappa shape index (κ1) is 24.7. The van der Waals surface area contributed by atoms with Gasteiger partial charge in [-0.2, -0.15) is 0 Å². The summed E-state index contributed by atoms with van der Waals surface area (Å²) >= 11 is 0. The maximum atomic E-state index is 12.3. The Kier molecular flexibility index (Phi) is 8.65. The van der Waals surface area contributed by atoms with Crippen LogP contribution in [0.15, 0.2) is 0 Å². The number of hydrogen-bond donors (Lipinski definition) is 2. The molecule has 5 nitrogen and oxygen atoms in total. The minimum absolute atomic E-state index is 0.0865. The number of ether oxygens (including phenoxy) is 1. The Balaban J connectivity index is 4.58. The summed E-state index contributed by atoms with van der Waals surface area (Å²) in [6.45, 7) is 20.7. The van der Waals surface area contributed by atoms with E-state index in [9.17, 15) is 9.59 Å². The summed E-state index contributed by atoms with van der Waals surface area (Å²) < 4.78 is 5.14. The molecule has 0 bridgehead atoms. The molecular formula is C21H42N2O3. The van der Waals surface area contributed by atoms with Gasteiger partial charge in [-0.05, 0) is 50.9 Å². The van der Waals surface area contributed by atoms with Crippen molar-refractivity contribution in [3.05, 3.63) is 0 Å². The van der Waals surface area contributed by atoms with E-state index in [2.05, 4.69) is 66.0 Å². The predicted octanol–water partition coefficient (Wildman–Crippen LogP) is 5.04. The van der Waals surface area contributed by atoms with Gasteiger partial charge in [-0.15, -0.1) is 0 Å². The maximum Gasteiger partial charge on any atom is 0.408 e. The van der Waals surface area contributed by atoms with Gasteiger partial charge in [0.2, 0.25) is 0 Å². The van der Waals surface area contributed by atoms with Crippen LogP contribution in [0, 0.1) is 10.8 Å². The first-order valence-electron chi connectivity index (χ1n) is 9.79. The Hall–Kier alpha value is -1.26. The lowest BCUT2D eigenvalue weighted by atomic mass is 9.76. The number of alkyl carbamates (subject to hydrolysis) is 1. The van der Waals surface area contributed by atoms with E-state index in [4.69, 9.17) is 4.74 Å². The summed E-state index contributed by atoms with van der Waals surface area (Å²) in [4.78, 5) is 24.3. The van der Waals surface area contributed by atoms with Gasteiger partial charge in [-0.3, -0.25) is 4.79 Å². The van der Waals surface area contributed by atoms with Crippen LogP contribution in [0.1, 0.15) is 94.9 Å². The van der Waals surface area contributed by atoms with Crippen molar-refractivity contribution >= 4 is 12.0 Å². The van der Waals surface area contributed by atoms with Crippen molar-refractivity contribution in [2.45, 2.75) is 106 Å². The van der Waals surface area contributed by atoms with Crippen molar-refractivity contribution < 1.29 is 14.3 Å². The quantitative estimate of drug-likeness (QED) is 0.597. The monoisotopic (exact) mass is 370 g/mol. The summed E-state index contributed by atoms with van der Waals surface area (Å²) in [7, 11) is 0. The summed E-state index contributed by atoms with van der Waals surface area (Å²) in [6.07, 6.45) is 3.00. The van der Waals surface area contributed by atoms with Crippen molar-refractivity contribution in [3.63, 3.8) is 0 Å². The van der Waals surface area contributed by atoms with Gasteiger partial charge in [0, 0.05) is 11.1 Å². The van der Waals surface area contributed by atoms with Gasteiger partial charge in [0.1, 0.15) is 0 Å². The maximum absolute atomic E-state index is 12.3. The minimum atomic E-state index is -0.554. The van der Waals surface area contributed by atoms with Crippen LogP contribution < -0.4 is 10.6 Å². The van der Waals surface area contributed by atoms with Crippen LogP contribution in [0.4, 0.5) is 4.79 Å². The Morgan fingerprint density at radius 3 is 1.77 bits per heavy atom. The van der Waals surface area contributed by atoms with E-state index >= 15 is 0 Å². The third-order valence-electron chi connectivity index (χ3n) is 4.79. The molecule has 0 saturated carbocycles. The average molecular weight is 371 g/mol. The fraction of sp³-hybridized carbons (Fsp3) is 0.905. The van der Waals surface area contributed by atoms with Crippen molar-refractivity contribution in [1.82, 2.24) is 10.6 Å². The molecule has 0 heterocycles. The highest BCUT2D eigenvalue weighted by Gasteiger charge is 2.32. The molecule has 0 aromatic rings. The molecule has 1 unspecified atom stereocenters. The normalized spacial score (nSPS) is 15.2. The molecule has 154 valence electrons. The number of carbonyl (C=O) groups is 2. The molecule has 0 aliphatic carbocycles. The molecule has 0 radical (unpaired) electrons. The molecule has 5 heteroatoms. The van der Waals surface area contributed by atoms with E-state index in [1.54, 1.807) is 0 Å². The molecule has 0 saturated heterocycles. The lowest BCUT2D eigenvalue weighted by Crippen LogP contribution is -2.50. The predicted molar refractivity (Wildman–Crippen MR) is 108 cm³/mol. The van der Waals surface area contributed by atoms with Crippen LogP contribution in [-0.4, -0.2) is 29.7 Å². The number of amides is 2. The van der Waals surface area contributed by atoms with E-state index in [0.717, 1.165) is 25.7 Å². The summed E-state index contributed by atoms with van der Waals surface area (Å²) in [5.41, 5.74) is -0.465.